The van der Waals surface area contributed by atoms with Crippen molar-refractivity contribution >= 4 is 28.2 Å². The van der Waals surface area contributed by atoms with Gasteiger partial charge in [-0.3, -0.25) is 4.79 Å². The fraction of sp³-hybridized carbons (Fsp3) is 0.304. The number of hydrogen-bond donors (Lipinski definition) is 0. The molecule has 1 aliphatic heterocycles. The summed E-state index contributed by atoms with van der Waals surface area (Å²) in [5.41, 5.74) is 2.39. The molecule has 1 saturated heterocycles. The predicted molar refractivity (Wildman–Crippen MR) is 113 cm³/mol. The Morgan fingerprint density at radius 3 is 2.28 bits per heavy atom. The van der Waals surface area contributed by atoms with Crippen LogP contribution in [-0.4, -0.2) is 47.2 Å². The van der Waals surface area contributed by atoms with Gasteiger partial charge in [0.1, 0.15) is 5.69 Å². The molecule has 2 aliphatic rings. The molecule has 1 aromatic heterocycles. The lowest BCUT2D eigenvalue weighted by Gasteiger charge is -2.35. The maximum absolute atomic E-state index is 12.3. The first-order valence-corrected chi connectivity index (χ1v) is 10.0. The lowest BCUT2D eigenvalue weighted by molar-refractivity contribution is -0.132. The largest absolute Gasteiger partial charge is 0.351 e. The van der Waals surface area contributed by atoms with E-state index in [-0.39, 0.29) is 5.92 Å². The van der Waals surface area contributed by atoms with Gasteiger partial charge >= 0.3 is 0 Å². The molecule has 2 fully saturated rings. The van der Waals surface area contributed by atoms with E-state index in [0.717, 1.165) is 66.9 Å². The number of fused-ring (bicyclic) bond motifs is 1. The summed E-state index contributed by atoms with van der Waals surface area (Å²) in [6.07, 6.45) is 2.10. The third kappa shape index (κ3) is 3.29. The molecule has 0 radical (unpaired) electrons. The third-order valence-electron chi connectivity index (χ3n) is 5.76. The van der Waals surface area contributed by atoms with Gasteiger partial charge in [-0.1, -0.05) is 48.5 Å². The maximum Gasteiger partial charge on any atom is 0.225 e. The summed E-state index contributed by atoms with van der Waals surface area (Å²) in [5, 5.41) is 11.2. The van der Waals surface area contributed by atoms with Crippen molar-refractivity contribution in [2.45, 2.75) is 12.8 Å². The second kappa shape index (κ2) is 7.17. The number of nitrogens with zero attached hydrogens (tertiary/aromatic N) is 5. The van der Waals surface area contributed by atoms with Crippen LogP contribution < -0.4 is 4.90 Å². The Hall–Kier alpha value is -3.46. The number of hydrogen-bond acceptors (Lipinski definition) is 4. The lowest BCUT2D eigenvalue weighted by atomic mass is 10.0. The number of carbonyl (C=O) groups is 1. The molecular weight excluding hydrogens is 362 g/mol. The van der Waals surface area contributed by atoms with E-state index in [2.05, 4.69) is 32.1 Å². The summed E-state index contributed by atoms with van der Waals surface area (Å²) in [5.74, 6) is 1.47. The second-order valence-corrected chi connectivity index (χ2v) is 7.66. The van der Waals surface area contributed by atoms with Gasteiger partial charge in [0, 0.05) is 48.4 Å². The standard InChI is InChI=1S/C23H21N5O/c1-24-18-10-8-16(9-11-18)21-19-4-2-3-5-20(19)22(26-25-21)27-12-14-28(15-13-27)23(29)17-6-7-17/h2-5,8-11,17H,6-7,12-15H2. The highest BCUT2D eigenvalue weighted by Gasteiger charge is 2.35. The zero-order valence-electron chi connectivity index (χ0n) is 16.1. The van der Waals surface area contributed by atoms with E-state index in [9.17, 15) is 4.79 Å². The Labute approximate surface area is 169 Å². The molecule has 0 N–H and O–H groups in total. The molecule has 1 aliphatic carbocycles. The SMILES string of the molecule is [C-]#[N+]c1ccc(-c2nnc(N3CCN(C(=O)C4CC4)CC3)c3ccccc23)cc1. The van der Waals surface area contributed by atoms with Gasteiger partial charge in [-0.25, -0.2) is 4.85 Å². The van der Waals surface area contributed by atoms with Crippen molar-refractivity contribution in [3.63, 3.8) is 0 Å². The smallest absolute Gasteiger partial charge is 0.225 e. The fourth-order valence-corrected chi connectivity index (χ4v) is 3.96. The van der Waals surface area contributed by atoms with E-state index in [1.807, 2.05) is 41.3 Å². The molecule has 6 heteroatoms. The van der Waals surface area contributed by atoms with Crippen molar-refractivity contribution in [1.29, 1.82) is 0 Å². The number of aromatic nitrogens is 2. The van der Waals surface area contributed by atoms with Crippen LogP contribution in [-0.2, 0) is 4.79 Å². The molecule has 29 heavy (non-hydrogen) atoms. The highest BCUT2D eigenvalue weighted by Crippen LogP contribution is 2.34. The van der Waals surface area contributed by atoms with E-state index in [1.54, 1.807) is 0 Å². The van der Waals surface area contributed by atoms with Crippen molar-refractivity contribution in [3.05, 3.63) is 59.9 Å². The molecule has 0 spiro atoms. The van der Waals surface area contributed by atoms with Crippen LogP contribution in [0.1, 0.15) is 12.8 Å². The molecule has 5 rings (SSSR count). The summed E-state index contributed by atoms with van der Waals surface area (Å²) in [6, 6.07) is 15.6. The van der Waals surface area contributed by atoms with Crippen molar-refractivity contribution < 1.29 is 4.79 Å². The van der Waals surface area contributed by atoms with Gasteiger partial charge < -0.3 is 9.80 Å². The molecular formula is C23H21N5O. The molecule has 144 valence electrons. The van der Waals surface area contributed by atoms with Crippen molar-refractivity contribution in [2.75, 3.05) is 31.1 Å². The molecule has 0 unspecified atom stereocenters. The van der Waals surface area contributed by atoms with E-state index in [1.165, 1.54) is 0 Å². The minimum atomic E-state index is 0.274. The van der Waals surface area contributed by atoms with Crippen LogP contribution in [0.2, 0.25) is 0 Å². The Morgan fingerprint density at radius 1 is 0.931 bits per heavy atom. The van der Waals surface area contributed by atoms with Gasteiger partial charge in [-0.05, 0) is 12.8 Å². The Morgan fingerprint density at radius 2 is 1.62 bits per heavy atom. The van der Waals surface area contributed by atoms with Gasteiger partial charge in [0.05, 0.1) is 6.57 Å². The predicted octanol–water partition coefficient (Wildman–Crippen LogP) is 3.91. The minimum absolute atomic E-state index is 0.274. The highest BCUT2D eigenvalue weighted by molar-refractivity contribution is 6.00. The maximum atomic E-state index is 12.3. The van der Waals surface area contributed by atoms with Crippen molar-refractivity contribution in [2.24, 2.45) is 5.92 Å². The first-order valence-electron chi connectivity index (χ1n) is 10.0. The molecule has 6 nitrogen and oxygen atoms in total. The van der Waals surface area contributed by atoms with Gasteiger partial charge in [0.15, 0.2) is 11.5 Å². The number of piperazine rings is 1. The van der Waals surface area contributed by atoms with Crippen LogP contribution in [0.15, 0.2) is 48.5 Å². The molecule has 0 atom stereocenters. The first-order chi connectivity index (χ1) is 14.2. The molecule has 2 aromatic carbocycles. The molecule has 3 aromatic rings. The van der Waals surface area contributed by atoms with Crippen LogP contribution in [0.5, 0.6) is 0 Å². The van der Waals surface area contributed by atoms with Crippen molar-refractivity contribution in [3.8, 4) is 11.3 Å². The summed E-state index contributed by atoms with van der Waals surface area (Å²) < 4.78 is 0. The molecule has 1 amide bonds. The van der Waals surface area contributed by atoms with Crippen LogP contribution in [0, 0.1) is 12.5 Å². The van der Waals surface area contributed by atoms with Crippen LogP contribution in [0.3, 0.4) is 0 Å². The average molecular weight is 383 g/mol. The zero-order chi connectivity index (χ0) is 19.8. The number of rotatable bonds is 3. The third-order valence-corrected chi connectivity index (χ3v) is 5.76. The first kappa shape index (κ1) is 17.6. The summed E-state index contributed by atoms with van der Waals surface area (Å²) in [6.45, 7) is 10.2. The fourth-order valence-electron chi connectivity index (χ4n) is 3.96. The van der Waals surface area contributed by atoms with Crippen molar-refractivity contribution in [1.82, 2.24) is 15.1 Å². The van der Waals surface area contributed by atoms with Gasteiger partial charge in [0.2, 0.25) is 5.91 Å². The number of carbonyl (C=O) groups excluding carboxylic acids is 1. The van der Waals surface area contributed by atoms with Gasteiger partial charge in [0.25, 0.3) is 0 Å². The lowest BCUT2D eigenvalue weighted by Crippen LogP contribution is -2.49. The van der Waals surface area contributed by atoms with E-state index >= 15 is 0 Å². The van der Waals surface area contributed by atoms with Crippen LogP contribution >= 0.6 is 0 Å². The topological polar surface area (TPSA) is 53.7 Å². The van der Waals surface area contributed by atoms with Crippen LogP contribution in [0.25, 0.3) is 26.9 Å². The van der Waals surface area contributed by atoms with Gasteiger partial charge in [-0.15, -0.1) is 10.2 Å². The Balaban J connectivity index is 1.45. The van der Waals surface area contributed by atoms with Crippen LogP contribution in [0.4, 0.5) is 11.5 Å². The number of amides is 1. The quantitative estimate of drug-likeness (QED) is 0.644. The molecule has 1 saturated carbocycles. The number of anilines is 1. The Kier molecular flexibility index (Phi) is 4.36. The minimum Gasteiger partial charge on any atom is -0.351 e. The van der Waals surface area contributed by atoms with Gasteiger partial charge in [-0.2, -0.15) is 0 Å². The molecule has 0 bridgehead atoms. The highest BCUT2D eigenvalue weighted by atomic mass is 16.2. The average Bonchev–Trinajstić information content (AvgIpc) is 3.64. The summed E-state index contributed by atoms with van der Waals surface area (Å²) in [7, 11) is 0. The monoisotopic (exact) mass is 383 g/mol. The van der Waals surface area contributed by atoms with E-state index in [4.69, 9.17) is 6.57 Å². The number of benzene rings is 2. The normalized spacial score (nSPS) is 16.7. The second-order valence-electron chi connectivity index (χ2n) is 7.66. The Bertz CT molecular complexity index is 1110. The molecule has 2 heterocycles. The summed E-state index contributed by atoms with van der Waals surface area (Å²) >= 11 is 0. The van der Waals surface area contributed by atoms with E-state index in [0.29, 0.717) is 11.6 Å². The summed E-state index contributed by atoms with van der Waals surface area (Å²) in [4.78, 5) is 20.0. The zero-order valence-corrected chi connectivity index (χ0v) is 16.1. The van der Waals surface area contributed by atoms with E-state index < -0.39 is 0 Å².